The van der Waals surface area contributed by atoms with Crippen molar-refractivity contribution < 1.29 is 14.3 Å². The van der Waals surface area contributed by atoms with Crippen molar-refractivity contribution in [3.05, 3.63) is 0 Å². The summed E-state index contributed by atoms with van der Waals surface area (Å²) in [5, 5.41) is 0. The van der Waals surface area contributed by atoms with Crippen LogP contribution in [0.5, 0.6) is 0 Å². The summed E-state index contributed by atoms with van der Waals surface area (Å²) in [6.45, 7) is 8.02. The van der Waals surface area contributed by atoms with Gasteiger partial charge in [0, 0.05) is 6.42 Å². The molecule has 88 valence electrons. The van der Waals surface area contributed by atoms with Crippen LogP contribution in [-0.2, 0) is 14.3 Å². The smallest absolute Gasteiger partial charge is 0.316 e. The van der Waals surface area contributed by atoms with Crippen molar-refractivity contribution in [2.24, 2.45) is 11.8 Å². The van der Waals surface area contributed by atoms with Crippen LogP contribution in [-0.4, -0.2) is 18.4 Å². The molecule has 1 atom stereocenters. The number of hydrogen-bond donors (Lipinski definition) is 0. The molecule has 0 N–H and O–H groups in total. The summed E-state index contributed by atoms with van der Waals surface area (Å²) in [6.07, 6.45) is 1.89. The zero-order valence-corrected chi connectivity index (χ0v) is 10.2. The molecule has 0 aromatic heterocycles. The fourth-order valence-corrected chi connectivity index (χ4v) is 1.49. The average Bonchev–Trinajstić information content (AvgIpc) is 2.13. The zero-order chi connectivity index (χ0) is 11.8. The van der Waals surface area contributed by atoms with Gasteiger partial charge in [-0.25, -0.2) is 0 Å². The van der Waals surface area contributed by atoms with E-state index in [9.17, 15) is 9.59 Å². The molecule has 3 nitrogen and oxygen atoms in total. The Morgan fingerprint density at radius 3 is 2.20 bits per heavy atom. The van der Waals surface area contributed by atoms with E-state index in [1.807, 2.05) is 20.8 Å². The van der Waals surface area contributed by atoms with Crippen LogP contribution in [0.15, 0.2) is 0 Å². The molecule has 0 amide bonds. The molecule has 0 aliphatic carbocycles. The van der Waals surface area contributed by atoms with Gasteiger partial charge in [-0.3, -0.25) is 9.59 Å². The number of rotatable bonds is 7. The topological polar surface area (TPSA) is 43.4 Å². The first-order valence-electron chi connectivity index (χ1n) is 5.72. The van der Waals surface area contributed by atoms with Crippen molar-refractivity contribution in [2.45, 2.75) is 47.0 Å². The highest BCUT2D eigenvalue weighted by molar-refractivity contribution is 5.99. The second kappa shape index (κ2) is 7.43. The van der Waals surface area contributed by atoms with Gasteiger partial charge in [0.2, 0.25) is 0 Å². The van der Waals surface area contributed by atoms with Crippen LogP contribution in [0.25, 0.3) is 0 Å². The minimum atomic E-state index is -0.544. The normalized spacial score (nSPS) is 12.6. The van der Waals surface area contributed by atoms with Gasteiger partial charge >= 0.3 is 5.97 Å². The molecule has 0 heterocycles. The number of ether oxygens (including phenoxy) is 1. The standard InChI is InChI=1S/C12H22O3/c1-5-7-10(12(14)15-6-2)11(13)8-9(3)4/h9-10H,5-8H2,1-4H3. The fourth-order valence-electron chi connectivity index (χ4n) is 1.49. The van der Waals surface area contributed by atoms with E-state index in [0.29, 0.717) is 25.4 Å². The lowest BCUT2D eigenvalue weighted by atomic mass is 9.93. The first kappa shape index (κ1) is 14.1. The quantitative estimate of drug-likeness (QED) is 0.483. The third-order valence-corrected chi connectivity index (χ3v) is 2.15. The summed E-state index contributed by atoms with van der Waals surface area (Å²) in [5.41, 5.74) is 0. The van der Waals surface area contributed by atoms with Crippen LogP contribution in [0, 0.1) is 11.8 Å². The van der Waals surface area contributed by atoms with E-state index in [-0.39, 0.29) is 11.8 Å². The SMILES string of the molecule is CCCC(C(=O)CC(C)C)C(=O)OCC. The maximum atomic E-state index is 11.8. The minimum Gasteiger partial charge on any atom is -0.465 e. The van der Waals surface area contributed by atoms with Crippen molar-refractivity contribution in [1.29, 1.82) is 0 Å². The summed E-state index contributed by atoms with van der Waals surface area (Å²) in [7, 11) is 0. The maximum Gasteiger partial charge on any atom is 0.316 e. The molecule has 0 aliphatic rings. The molecule has 0 radical (unpaired) electrons. The van der Waals surface area contributed by atoms with E-state index in [1.165, 1.54) is 0 Å². The van der Waals surface area contributed by atoms with Crippen molar-refractivity contribution in [3.8, 4) is 0 Å². The average molecular weight is 214 g/mol. The minimum absolute atomic E-state index is 0.0188. The Labute approximate surface area is 92.2 Å². The zero-order valence-electron chi connectivity index (χ0n) is 10.2. The van der Waals surface area contributed by atoms with E-state index < -0.39 is 5.92 Å². The monoisotopic (exact) mass is 214 g/mol. The van der Waals surface area contributed by atoms with Gasteiger partial charge in [-0.1, -0.05) is 27.2 Å². The highest BCUT2D eigenvalue weighted by Gasteiger charge is 2.26. The van der Waals surface area contributed by atoms with Crippen molar-refractivity contribution in [1.82, 2.24) is 0 Å². The van der Waals surface area contributed by atoms with Crippen LogP contribution >= 0.6 is 0 Å². The molecule has 0 saturated heterocycles. The first-order valence-corrected chi connectivity index (χ1v) is 5.72. The molecular weight excluding hydrogens is 192 g/mol. The number of esters is 1. The number of Topliss-reactive ketones (excluding diaryl/α,β-unsaturated/α-hetero) is 1. The number of carbonyl (C=O) groups is 2. The van der Waals surface area contributed by atoms with E-state index in [4.69, 9.17) is 4.74 Å². The van der Waals surface area contributed by atoms with Crippen molar-refractivity contribution in [3.63, 3.8) is 0 Å². The van der Waals surface area contributed by atoms with Gasteiger partial charge in [-0.2, -0.15) is 0 Å². The van der Waals surface area contributed by atoms with Crippen LogP contribution in [0.3, 0.4) is 0 Å². The Balaban J connectivity index is 4.36. The highest BCUT2D eigenvalue weighted by atomic mass is 16.5. The molecular formula is C12H22O3. The Morgan fingerprint density at radius 1 is 1.20 bits per heavy atom. The molecule has 3 heteroatoms. The molecule has 0 fully saturated rings. The second-order valence-electron chi connectivity index (χ2n) is 4.16. The molecule has 0 bridgehead atoms. The second-order valence-corrected chi connectivity index (χ2v) is 4.16. The van der Waals surface area contributed by atoms with Crippen LogP contribution < -0.4 is 0 Å². The lowest BCUT2D eigenvalue weighted by molar-refractivity contribution is -0.152. The molecule has 0 aliphatic heterocycles. The van der Waals surface area contributed by atoms with Crippen molar-refractivity contribution >= 4 is 11.8 Å². The third kappa shape index (κ3) is 5.55. The van der Waals surface area contributed by atoms with Gasteiger partial charge in [0.25, 0.3) is 0 Å². The molecule has 15 heavy (non-hydrogen) atoms. The number of carbonyl (C=O) groups excluding carboxylic acids is 2. The predicted octanol–water partition coefficient (Wildman–Crippen LogP) is 2.58. The van der Waals surface area contributed by atoms with Gasteiger partial charge in [0.1, 0.15) is 11.7 Å². The van der Waals surface area contributed by atoms with Gasteiger partial charge in [-0.05, 0) is 19.3 Å². The Morgan fingerprint density at radius 2 is 1.80 bits per heavy atom. The van der Waals surface area contributed by atoms with Crippen LogP contribution in [0.2, 0.25) is 0 Å². The lowest BCUT2D eigenvalue weighted by Gasteiger charge is -2.14. The number of hydrogen-bond acceptors (Lipinski definition) is 3. The molecule has 1 unspecified atom stereocenters. The Kier molecular flexibility index (Phi) is 7.01. The Hall–Kier alpha value is -0.860. The van der Waals surface area contributed by atoms with E-state index in [0.717, 1.165) is 6.42 Å². The van der Waals surface area contributed by atoms with Crippen LogP contribution in [0.4, 0.5) is 0 Å². The van der Waals surface area contributed by atoms with E-state index >= 15 is 0 Å². The van der Waals surface area contributed by atoms with Gasteiger partial charge < -0.3 is 4.74 Å². The molecule has 0 rings (SSSR count). The summed E-state index contributed by atoms with van der Waals surface area (Å²) in [4.78, 5) is 23.3. The summed E-state index contributed by atoms with van der Waals surface area (Å²) in [5.74, 6) is -0.584. The van der Waals surface area contributed by atoms with Crippen LogP contribution in [0.1, 0.15) is 47.0 Å². The third-order valence-electron chi connectivity index (χ3n) is 2.15. The lowest BCUT2D eigenvalue weighted by Crippen LogP contribution is -2.27. The molecule has 0 aromatic rings. The molecule has 0 aromatic carbocycles. The summed E-state index contributed by atoms with van der Waals surface area (Å²) >= 11 is 0. The summed E-state index contributed by atoms with van der Waals surface area (Å²) < 4.78 is 4.90. The molecule has 0 saturated carbocycles. The van der Waals surface area contributed by atoms with Gasteiger partial charge in [0.15, 0.2) is 0 Å². The highest BCUT2D eigenvalue weighted by Crippen LogP contribution is 2.15. The maximum absolute atomic E-state index is 11.8. The Bertz CT molecular complexity index is 209. The largest absolute Gasteiger partial charge is 0.465 e. The summed E-state index contributed by atoms with van der Waals surface area (Å²) in [6, 6.07) is 0. The first-order chi connectivity index (χ1) is 7.02. The number of ketones is 1. The fraction of sp³-hybridized carbons (Fsp3) is 0.833. The van der Waals surface area contributed by atoms with E-state index in [2.05, 4.69) is 0 Å². The predicted molar refractivity (Wildman–Crippen MR) is 59.5 cm³/mol. The van der Waals surface area contributed by atoms with Gasteiger partial charge in [-0.15, -0.1) is 0 Å². The van der Waals surface area contributed by atoms with Gasteiger partial charge in [0.05, 0.1) is 6.61 Å². The van der Waals surface area contributed by atoms with Crippen molar-refractivity contribution in [2.75, 3.05) is 6.61 Å². The molecule has 0 spiro atoms. The van der Waals surface area contributed by atoms with E-state index in [1.54, 1.807) is 6.92 Å².